The van der Waals surface area contributed by atoms with E-state index >= 15 is 0 Å². The molecule has 78 valence electrons. The molecule has 0 saturated carbocycles. The zero-order valence-corrected chi connectivity index (χ0v) is 8.43. The van der Waals surface area contributed by atoms with Gasteiger partial charge in [-0.1, -0.05) is 6.58 Å². The van der Waals surface area contributed by atoms with E-state index in [0.29, 0.717) is 12.1 Å². The predicted octanol–water partition coefficient (Wildman–Crippen LogP) is 0.205. The van der Waals surface area contributed by atoms with Gasteiger partial charge in [-0.15, -0.1) is 0 Å². The number of nitrogens with one attached hydrogen (secondary N) is 2. The van der Waals surface area contributed by atoms with Crippen LogP contribution < -0.4 is 10.6 Å². The molecule has 4 heteroatoms. The van der Waals surface area contributed by atoms with Crippen molar-refractivity contribution in [2.24, 2.45) is 5.92 Å². The van der Waals surface area contributed by atoms with E-state index in [4.69, 9.17) is 0 Å². The summed E-state index contributed by atoms with van der Waals surface area (Å²) in [5.41, 5.74) is 0.363. The lowest BCUT2D eigenvalue weighted by molar-refractivity contribution is -0.131. The Morgan fingerprint density at radius 1 is 1.50 bits per heavy atom. The molecule has 1 unspecified atom stereocenters. The summed E-state index contributed by atoms with van der Waals surface area (Å²) < 4.78 is 0. The van der Waals surface area contributed by atoms with Crippen molar-refractivity contribution >= 4 is 11.8 Å². The van der Waals surface area contributed by atoms with E-state index in [1.807, 2.05) is 0 Å². The van der Waals surface area contributed by atoms with Crippen molar-refractivity contribution in [1.82, 2.24) is 10.6 Å². The molecular formula is C10H16N2O2. The highest BCUT2D eigenvalue weighted by Crippen LogP contribution is 2.09. The maximum atomic E-state index is 11.5. The van der Waals surface area contributed by atoms with Crippen LogP contribution in [0.5, 0.6) is 0 Å². The van der Waals surface area contributed by atoms with E-state index in [-0.39, 0.29) is 17.7 Å². The first-order valence-corrected chi connectivity index (χ1v) is 4.82. The van der Waals surface area contributed by atoms with E-state index in [1.54, 1.807) is 6.92 Å². The molecule has 0 aliphatic carbocycles. The summed E-state index contributed by atoms with van der Waals surface area (Å²) in [6, 6.07) is 0. The average molecular weight is 196 g/mol. The zero-order chi connectivity index (χ0) is 10.6. The molecule has 0 aromatic carbocycles. The number of imide groups is 1. The lowest BCUT2D eigenvalue weighted by Gasteiger charge is -2.21. The van der Waals surface area contributed by atoms with Crippen LogP contribution in [0.1, 0.15) is 19.8 Å². The van der Waals surface area contributed by atoms with Gasteiger partial charge in [-0.2, -0.15) is 0 Å². The quantitative estimate of drug-likeness (QED) is 0.620. The Hall–Kier alpha value is -1.16. The molecule has 0 spiro atoms. The van der Waals surface area contributed by atoms with E-state index in [1.165, 1.54) is 0 Å². The Labute approximate surface area is 83.8 Å². The van der Waals surface area contributed by atoms with Crippen LogP contribution in [-0.2, 0) is 9.59 Å². The first-order valence-electron chi connectivity index (χ1n) is 4.82. The zero-order valence-electron chi connectivity index (χ0n) is 8.43. The molecule has 14 heavy (non-hydrogen) atoms. The van der Waals surface area contributed by atoms with Crippen LogP contribution >= 0.6 is 0 Å². The van der Waals surface area contributed by atoms with Gasteiger partial charge in [0.05, 0.1) is 5.92 Å². The summed E-state index contributed by atoms with van der Waals surface area (Å²) in [6.45, 7) is 6.68. The van der Waals surface area contributed by atoms with Gasteiger partial charge in [0, 0.05) is 12.1 Å². The monoisotopic (exact) mass is 196 g/mol. The minimum atomic E-state index is -0.374. The molecule has 1 aliphatic heterocycles. The Balaban J connectivity index is 2.40. The smallest absolute Gasteiger partial charge is 0.252 e. The average Bonchev–Trinajstić information content (AvgIpc) is 2.19. The highest BCUT2D eigenvalue weighted by atomic mass is 16.2. The van der Waals surface area contributed by atoms with Crippen LogP contribution in [0, 0.1) is 5.92 Å². The number of hydrogen-bond acceptors (Lipinski definition) is 3. The molecule has 1 fully saturated rings. The van der Waals surface area contributed by atoms with Crippen molar-refractivity contribution in [3.63, 3.8) is 0 Å². The topological polar surface area (TPSA) is 58.2 Å². The Morgan fingerprint density at radius 3 is 2.71 bits per heavy atom. The summed E-state index contributed by atoms with van der Waals surface area (Å²) in [6.07, 6.45) is 1.83. The van der Waals surface area contributed by atoms with Crippen molar-refractivity contribution in [2.75, 3.05) is 13.1 Å². The summed E-state index contributed by atoms with van der Waals surface area (Å²) in [7, 11) is 0. The second-order valence-electron chi connectivity index (χ2n) is 3.64. The lowest BCUT2D eigenvalue weighted by Crippen LogP contribution is -2.42. The third-order valence-electron chi connectivity index (χ3n) is 2.29. The van der Waals surface area contributed by atoms with Gasteiger partial charge in [0.1, 0.15) is 0 Å². The second-order valence-corrected chi connectivity index (χ2v) is 3.64. The van der Waals surface area contributed by atoms with Gasteiger partial charge in [-0.05, 0) is 26.3 Å². The van der Waals surface area contributed by atoms with Crippen LogP contribution in [0.3, 0.4) is 0 Å². The van der Waals surface area contributed by atoms with Gasteiger partial charge in [-0.3, -0.25) is 14.9 Å². The number of rotatable bonds is 2. The number of carbonyl (C=O) groups excluding carboxylic acids is 2. The summed E-state index contributed by atoms with van der Waals surface area (Å²) >= 11 is 0. The van der Waals surface area contributed by atoms with Crippen LogP contribution in [-0.4, -0.2) is 24.9 Å². The summed E-state index contributed by atoms with van der Waals surface area (Å²) in [5.74, 6) is -0.641. The molecule has 2 amide bonds. The molecular weight excluding hydrogens is 180 g/mol. The second kappa shape index (κ2) is 4.91. The summed E-state index contributed by atoms with van der Waals surface area (Å²) in [4.78, 5) is 22.6. The van der Waals surface area contributed by atoms with Crippen molar-refractivity contribution in [3.8, 4) is 0 Å². The molecule has 4 nitrogen and oxygen atoms in total. The Morgan fingerprint density at radius 2 is 2.21 bits per heavy atom. The molecule has 1 rings (SSSR count). The van der Waals surface area contributed by atoms with Crippen LogP contribution in [0.4, 0.5) is 0 Å². The number of carbonyl (C=O) groups is 2. The standard InChI is InChI=1S/C10H16N2O2/c1-7(2)9(13)12-10(14)8-4-3-5-11-6-8/h8,11H,1,3-6H2,2H3,(H,12,13,14). The van der Waals surface area contributed by atoms with Crippen LogP contribution in [0.2, 0.25) is 0 Å². The van der Waals surface area contributed by atoms with Crippen molar-refractivity contribution in [3.05, 3.63) is 12.2 Å². The molecule has 0 aromatic rings. The first-order chi connectivity index (χ1) is 6.61. The molecule has 0 radical (unpaired) electrons. The van der Waals surface area contributed by atoms with Gasteiger partial charge >= 0.3 is 0 Å². The maximum Gasteiger partial charge on any atom is 0.252 e. The van der Waals surface area contributed by atoms with Crippen LogP contribution in [0.15, 0.2) is 12.2 Å². The molecule has 1 aliphatic rings. The third kappa shape index (κ3) is 2.96. The Kier molecular flexibility index (Phi) is 3.83. The highest BCUT2D eigenvalue weighted by molar-refractivity contribution is 6.04. The van der Waals surface area contributed by atoms with Gasteiger partial charge < -0.3 is 5.32 Å². The van der Waals surface area contributed by atoms with E-state index in [2.05, 4.69) is 17.2 Å². The van der Waals surface area contributed by atoms with Gasteiger partial charge in [0.2, 0.25) is 5.91 Å². The Bertz CT molecular complexity index is 255. The van der Waals surface area contributed by atoms with Crippen molar-refractivity contribution in [2.45, 2.75) is 19.8 Å². The fourth-order valence-electron chi connectivity index (χ4n) is 1.40. The molecule has 2 N–H and O–H groups in total. The normalized spacial score (nSPS) is 21.4. The van der Waals surface area contributed by atoms with Gasteiger partial charge in [0.25, 0.3) is 5.91 Å². The van der Waals surface area contributed by atoms with E-state index < -0.39 is 0 Å². The predicted molar refractivity (Wildman–Crippen MR) is 53.6 cm³/mol. The SMILES string of the molecule is C=C(C)C(=O)NC(=O)C1CCCNC1. The molecule has 1 saturated heterocycles. The molecule has 1 heterocycles. The third-order valence-corrected chi connectivity index (χ3v) is 2.29. The van der Waals surface area contributed by atoms with E-state index in [9.17, 15) is 9.59 Å². The lowest BCUT2D eigenvalue weighted by atomic mass is 9.99. The molecule has 1 atom stereocenters. The van der Waals surface area contributed by atoms with Crippen molar-refractivity contribution in [1.29, 1.82) is 0 Å². The first kappa shape index (κ1) is 10.9. The van der Waals surface area contributed by atoms with Gasteiger partial charge in [-0.25, -0.2) is 0 Å². The number of amides is 2. The highest BCUT2D eigenvalue weighted by Gasteiger charge is 2.22. The van der Waals surface area contributed by atoms with Gasteiger partial charge in [0.15, 0.2) is 0 Å². The largest absolute Gasteiger partial charge is 0.316 e. The maximum absolute atomic E-state index is 11.5. The van der Waals surface area contributed by atoms with Crippen LogP contribution in [0.25, 0.3) is 0 Å². The number of hydrogen-bond donors (Lipinski definition) is 2. The fraction of sp³-hybridized carbons (Fsp3) is 0.600. The molecule has 0 aromatic heterocycles. The minimum absolute atomic E-state index is 0.0768. The fourth-order valence-corrected chi connectivity index (χ4v) is 1.40. The minimum Gasteiger partial charge on any atom is -0.316 e. The van der Waals surface area contributed by atoms with Crippen molar-refractivity contribution < 1.29 is 9.59 Å². The van der Waals surface area contributed by atoms with E-state index in [0.717, 1.165) is 19.4 Å². The number of piperidine rings is 1. The summed E-state index contributed by atoms with van der Waals surface area (Å²) in [5, 5.41) is 5.46. The molecule has 0 bridgehead atoms.